The van der Waals surface area contributed by atoms with E-state index in [-0.39, 0.29) is 89.5 Å². The van der Waals surface area contributed by atoms with Crippen LogP contribution >= 0.6 is 0 Å². The molecule has 1 unspecified atom stereocenters. The van der Waals surface area contributed by atoms with E-state index in [0.717, 1.165) is 28.0 Å². The van der Waals surface area contributed by atoms with Crippen molar-refractivity contribution < 1.29 is 66.7 Å². The Hall–Kier alpha value is -7.38. The van der Waals surface area contributed by atoms with Crippen molar-refractivity contribution in [3.05, 3.63) is 94.8 Å². The predicted octanol–water partition coefficient (Wildman–Crippen LogP) is 4.99. The molecule has 1 atom stereocenters. The number of ketones is 2. The Morgan fingerprint density at radius 2 is 1.42 bits per heavy atom. The van der Waals surface area contributed by atoms with Crippen molar-refractivity contribution in [2.75, 3.05) is 123 Å². The number of nitrogens with zero attached hydrogens (tertiary/aromatic N) is 4. The van der Waals surface area contributed by atoms with Crippen LogP contribution in [-0.2, 0) is 47.7 Å². The molecule has 3 aromatic rings. The SMILES string of the molecule is COC(=O)CN1CCOCCN(CC(=O)OC)c2cc(OCC(=O)NCCCCCC(=O)OC3C(=O)CCC3=O)c(C3=C4C=CC(N(C)C)C=C4Oc4cc(N(C)C)ccc43)cc2OCCOc2cc(C)ccc21. The molecule has 2 aliphatic heterocycles. The average molecular weight is 1020 g/mol. The average Bonchev–Trinajstić information content (AvgIpc) is 3.69. The van der Waals surface area contributed by atoms with Crippen molar-refractivity contribution in [3.8, 4) is 23.0 Å². The minimum atomic E-state index is -1.29. The number of ether oxygens (including phenoxy) is 8. The molecule has 1 N–H and O–H groups in total. The zero-order valence-electron chi connectivity index (χ0n) is 43.3. The number of anilines is 3. The number of carbonyl (C=O) groups excluding carboxylic acids is 6. The highest BCUT2D eigenvalue weighted by molar-refractivity contribution is 6.12. The smallest absolute Gasteiger partial charge is 0.325 e. The van der Waals surface area contributed by atoms with Crippen LogP contribution < -0.4 is 39.0 Å². The number of rotatable bonds is 17. The highest BCUT2D eigenvalue weighted by Gasteiger charge is 2.36. The number of methoxy groups -OCH3 is 2. The number of benzene rings is 3. The lowest BCUT2D eigenvalue weighted by atomic mass is 9.86. The van der Waals surface area contributed by atoms with Gasteiger partial charge in [0.2, 0.25) is 6.10 Å². The van der Waals surface area contributed by atoms with Gasteiger partial charge >= 0.3 is 17.9 Å². The Bertz CT molecular complexity index is 2660. The quantitative estimate of drug-likeness (QED) is 0.0820. The molecule has 19 heteroatoms. The maximum atomic E-state index is 13.6. The molecule has 396 valence electrons. The van der Waals surface area contributed by atoms with Crippen LogP contribution in [0.3, 0.4) is 0 Å². The highest BCUT2D eigenvalue weighted by Crippen LogP contribution is 2.49. The van der Waals surface area contributed by atoms with Crippen molar-refractivity contribution in [1.82, 2.24) is 10.2 Å². The first-order chi connectivity index (χ1) is 35.6. The van der Waals surface area contributed by atoms with E-state index < -0.39 is 29.9 Å². The van der Waals surface area contributed by atoms with Gasteiger partial charge in [0, 0.05) is 99.1 Å². The fourth-order valence-electron chi connectivity index (χ4n) is 8.82. The van der Waals surface area contributed by atoms with Crippen molar-refractivity contribution >= 4 is 58.0 Å². The second kappa shape index (κ2) is 25.5. The largest absolute Gasteiger partial charge is 0.488 e. The van der Waals surface area contributed by atoms with E-state index in [1.165, 1.54) is 14.2 Å². The molecule has 1 saturated carbocycles. The summed E-state index contributed by atoms with van der Waals surface area (Å²) in [4.78, 5) is 83.3. The first-order valence-corrected chi connectivity index (χ1v) is 24.8. The Labute approximate surface area is 431 Å². The van der Waals surface area contributed by atoms with Crippen molar-refractivity contribution in [2.24, 2.45) is 0 Å². The van der Waals surface area contributed by atoms with E-state index in [0.29, 0.717) is 78.0 Å². The lowest BCUT2D eigenvalue weighted by molar-refractivity contribution is -0.157. The van der Waals surface area contributed by atoms with E-state index in [9.17, 15) is 28.8 Å². The third-order valence-corrected chi connectivity index (χ3v) is 12.9. The molecule has 4 aliphatic rings. The van der Waals surface area contributed by atoms with Crippen LogP contribution in [0.15, 0.2) is 78.1 Å². The van der Waals surface area contributed by atoms with Crippen LogP contribution in [0.25, 0.3) is 5.57 Å². The lowest BCUT2D eigenvalue weighted by Crippen LogP contribution is -2.36. The standard InChI is InChI=1S/C55H67N5O14/c1-35-12-17-41-48(27-35)70-25-26-71-49-30-40(54-38-15-13-36(57(2)3)28-46(38)73-47-29-37(58(4)5)14-16-39(47)54)45(31-42(49)60(33-53(66)68-7)22-24-69-23-21-59(41)32-52(65)67-6)72-34-50(63)56-20-10-8-9-11-51(64)74-55-43(61)18-19-44(55)62/h12-17,27-31,36,55H,8-11,18-26,32-34H2,1-7H3,(H,56,63). The molecule has 2 aliphatic carbocycles. The van der Waals surface area contributed by atoms with Gasteiger partial charge < -0.3 is 57.9 Å². The maximum absolute atomic E-state index is 13.6. The number of allylic oxidation sites excluding steroid dienone is 1. The molecule has 0 spiro atoms. The maximum Gasteiger partial charge on any atom is 0.325 e. The molecule has 74 heavy (non-hydrogen) atoms. The Morgan fingerprint density at radius 1 is 0.743 bits per heavy atom. The molecule has 19 nitrogen and oxygen atoms in total. The normalized spacial score (nSPS) is 17.0. The third-order valence-electron chi connectivity index (χ3n) is 12.9. The number of likely N-dealkylation sites (N-methyl/N-ethyl adjacent to an activating group) is 1. The van der Waals surface area contributed by atoms with E-state index in [1.54, 1.807) is 11.0 Å². The zero-order valence-corrected chi connectivity index (χ0v) is 43.3. The highest BCUT2D eigenvalue weighted by atomic mass is 16.6. The van der Waals surface area contributed by atoms with Crippen LogP contribution in [0.1, 0.15) is 55.2 Å². The number of Topliss-reactive ketones (excluding diaryl/α,β-unsaturated/α-hetero) is 2. The molecule has 7 rings (SSSR count). The molecular formula is C55H67N5O14. The number of amides is 1. The third kappa shape index (κ3) is 13.8. The van der Waals surface area contributed by atoms with Gasteiger partial charge in [0.15, 0.2) is 18.2 Å². The fraction of sp³-hybridized carbons (Fsp3) is 0.455. The second-order valence-electron chi connectivity index (χ2n) is 18.7. The van der Waals surface area contributed by atoms with Gasteiger partial charge in [-0.25, -0.2) is 0 Å². The van der Waals surface area contributed by atoms with Gasteiger partial charge in [-0.15, -0.1) is 0 Å². The summed E-state index contributed by atoms with van der Waals surface area (Å²) in [5.41, 5.74) is 5.88. The fourth-order valence-corrected chi connectivity index (χ4v) is 8.82. The summed E-state index contributed by atoms with van der Waals surface area (Å²) >= 11 is 0. The number of nitrogens with one attached hydrogen (secondary N) is 1. The van der Waals surface area contributed by atoms with Gasteiger partial charge in [-0.2, -0.15) is 0 Å². The number of hydrogen-bond acceptors (Lipinski definition) is 18. The summed E-state index contributed by atoms with van der Waals surface area (Å²) in [6.45, 7) is 2.65. The lowest BCUT2D eigenvalue weighted by Gasteiger charge is -2.32. The van der Waals surface area contributed by atoms with Crippen LogP contribution in [-0.4, -0.2) is 161 Å². The number of esters is 3. The first kappa shape index (κ1) is 54.4. The van der Waals surface area contributed by atoms with Gasteiger partial charge in [-0.05, 0) is 75.8 Å². The monoisotopic (exact) mass is 1020 g/mol. The molecule has 0 radical (unpaired) electrons. The van der Waals surface area contributed by atoms with Gasteiger partial charge in [0.05, 0.1) is 38.8 Å². The van der Waals surface area contributed by atoms with E-state index in [4.69, 9.17) is 37.9 Å². The number of hydrogen-bond donors (Lipinski definition) is 1. The van der Waals surface area contributed by atoms with Gasteiger partial charge in [0.1, 0.15) is 55.1 Å². The Kier molecular flexibility index (Phi) is 18.8. The van der Waals surface area contributed by atoms with Crippen molar-refractivity contribution in [3.63, 3.8) is 0 Å². The van der Waals surface area contributed by atoms with Gasteiger partial charge in [-0.1, -0.05) is 24.6 Å². The molecule has 2 heterocycles. The second-order valence-corrected chi connectivity index (χ2v) is 18.7. The summed E-state index contributed by atoms with van der Waals surface area (Å²) in [5.74, 6) is -0.228. The van der Waals surface area contributed by atoms with E-state index in [1.807, 2.05) is 93.5 Å². The summed E-state index contributed by atoms with van der Waals surface area (Å²) in [7, 11) is 10.5. The van der Waals surface area contributed by atoms with Gasteiger partial charge in [-0.3, -0.25) is 33.7 Å². The van der Waals surface area contributed by atoms with Crippen LogP contribution in [0, 0.1) is 6.92 Å². The number of carbonyl (C=O) groups is 6. The number of aryl methyl sites for hydroxylation is 1. The minimum absolute atomic E-state index is 0.0404. The zero-order chi connectivity index (χ0) is 52.9. The topological polar surface area (TPSA) is 201 Å². The van der Waals surface area contributed by atoms with Crippen LogP contribution in [0.2, 0.25) is 0 Å². The van der Waals surface area contributed by atoms with E-state index >= 15 is 0 Å². The Morgan fingerprint density at radius 3 is 2.08 bits per heavy atom. The summed E-state index contributed by atoms with van der Waals surface area (Å²) in [6, 6.07) is 15.3. The van der Waals surface area contributed by atoms with Crippen LogP contribution in [0.5, 0.6) is 23.0 Å². The summed E-state index contributed by atoms with van der Waals surface area (Å²) in [5, 5.41) is 2.91. The van der Waals surface area contributed by atoms with Crippen molar-refractivity contribution in [1.29, 1.82) is 0 Å². The minimum Gasteiger partial charge on any atom is -0.488 e. The number of fused-ring (bicyclic) bond motifs is 4. The summed E-state index contributed by atoms with van der Waals surface area (Å²) < 4.78 is 47.9. The van der Waals surface area contributed by atoms with Crippen molar-refractivity contribution in [2.45, 2.75) is 57.6 Å². The molecule has 0 aromatic heterocycles. The summed E-state index contributed by atoms with van der Waals surface area (Å²) in [6.07, 6.45) is 6.64. The number of unbranched alkanes of at least 4 members (excludes halogenated alkanes) is 2. The first-order valence-electron chi connectivity index (χ1n) is 24.8. The molecular weight excluding hydrogens is 955 g/mol. The molecule has 1 fully saturated rings. The van der Waals surface area contributed by atoms with Gasteiger partial charge in [0.25, 0.3) is 5.91 Å². The molecule has 0 bridgehead atoms. The molecule has 0 saturated heterocycles. The predicted molar refractivity (Wildman–Crippen MR) is 276 cm³/mol. The van der Waals surface area contributed by atoms with Crippen LogP contribution in [0.4, 0.5) is 17.1 Å². The Balaban J connectivity index is 1.23. The molecule has 3 aromatic carbocycles. The van der Waals surface area contributed by atoms with E-state index in [2.05, 4.69) is 22.4 Å². The molecule has 1 amide bonds.